The lowest BCUT2D eigenvalue weighted by molar-refractivity contribution is 0.413. The molecule has 0 saturated carbocycles. The maximum Gasteiger partial charge on any atom is 0.334 e. The summed E-state index contributed by atoms with van der Waals surface area (Å²) in [5.74, 6) is -0.457. The van der Waals surface area contributed by atoms with E-state index in [2.05, 4.69) is 15.9 Å². The quantitative estimate of drug-likeness (QED) is 0.725. The van der Waals surface area contributed by atoms with Gasteiger partial charge in [0.2, 0.25) is 0 Å². The molecule has 8 heteroatoms. The van der Waals surface area contributed by atoms with Crippen molar-refractivity contribution in [3.05, 3.63) is 44.8 Å². The summed E-state index contributed by atoms with van der Waals surface area (Å²) in [6, 6.07) is 4.43. The Kier molecular flexibility index (Phi) is 4.21. The van der Waals surface area contributed by atoms with Gasteiger partial charge in [-0.05, 0) is 18.9 Å². The van der Waals surface area contributed by atoms with Gasteiger partial charge in [0.15, 0.2) is 0 Å². The number of alkyl halides is 1. The van der Waals surface area contributed by atoms with Crippen LogP contribution in [-0.2, 0) is 6.54 Å². The molecule has 3 rings (SSSR count). The lowest BCUT2D eigenvalue weighted by atomic mass is 10.1. The van der Waals surface area contributed by atoms with Gasteiger partial charge in [0.25, 0.3) is 0 Å². The standard InChI is InChI=1S/C15H12BrClFN3O2/c1-23-13-6-11(10(18)5-9(13)17)21-12(7-19)14-8(16)3-2-4-20(14)15(21)22/h5-6,8H,2-4H2,1H3. The Morgan fingerprint density at radius 2 is 2.26 bits per heavy atom. The molecule has 0 spiro atoms. The average molecular weight is 401 g/mol. The second-order valence-electron chi connectivity index (χ2n) is 5.16. The van der Waals surface area contributed by atoms with Gasteiger partial charge in [0, 0.05) is 12.6 Å². The van der Waals surface area contributed by atoms with Crippen LogP contribution in [0.15, 0.2) is 16.9 Å². The van der Waals surface area contributed by atoms with Crippen LogP contribution >= 0.6 is 27.5 Å². The molecule has 1 unspecified atom stereocenters. The fourth-order valence-corrected chi connectivity index (χ4v) is 3.85. The van der Waals surface area contributed by atoms with Crippen molar-refractivity contribution in [3.63, 3.8) is 0 Å². The normalized spacial score (nSPS) is 16.7. The van der Waals surface area contributed by atoms with Crippen LogP contribution < -0.4 is 10.4 Å². The zero-order valence-corrected chi connectivity index (χ0v) is 14.5. The molecule has 0 aliphatic carbocycles. The summed E-state index contributed by atoms with van der Waals surface area (Å²) in [5.41, 5.74) is 0.218. The van der Waals surface area contributed by atoms with Crippen molar-refractivity contribution in [2.75, 3.05) is 7.11 Å². The maximum absolute atomic E-state index is 14.4. The van der Waals surface area contributed by atoms with Crippen LogP contribution in [0, 0.1) is 17.1 Å². The van der Waals surface area contributed by atoms with E-state index in [-0.39, 0.29) is 27.0 Å². The number of aromatic nitrogens is 2. The molecule has 0 saturated heterocycles. The first-order valence-corrected chi connectivity index (χ1v) is 8.22. The lowest BCUT2D eigenvalue weighted by Crippen LogP contribution is -2.27. The minimum Gasteiger partial charge on any atom is -0.495 e. The number of ether oxygens (including phenoxy) is 1. The minimum atomic E-state index is -0.691. The third-order valence-electron chi connectivity index (χ3n) is 3.88. The fourth-order valence-electron chi connectivity index (χ4n) is 2.84. The molecule has 1 aliphatic heterocycles. The molecule has 1 aromatic heterocycles. The van der Waals surface area contributed by atoms with Gasteiger partial charge in [-0.1, -0.05) is 27.5 Å². The SMILES string of the molecule is COc1cc(-n2c(C#N)c3n(c2=O)CCCC3Br)c(F)cc1Cl. The predicted octanol–water partition coefficient (Wildman–Crippen LogP) is 3.54. The van der Waals surface area contributed by atoms with Gasteiger partial charge in [0.05, 0.1) is 28.3 Å². The smallest absolute Gasteiger partial charge is 0.334 e. The molecule has 23 heavy (non-hydrogen) atoms. The van der Waals surface area contributed by atoms with Crippen LogP contribution in [0.2, 0.25) is 5.02 Å². The molecule has 0 N–H and O–H groups in total. The van der Waals surface area contributed by atoms with Gasteiger partial charge < -0.3 is 4.74 Å². The number of fused-ring (bicyclic) bond motifs is 1. The van der Waals surface area contributed by atoms with Crippen molar-refractivity contribution < 1.29 is 9.13 Å². The number of rotatable bonds is 2. The van der Waals surface area contributed by atoms with E-state index in [9.17, 15) is 14.4 Å². The molecule has 1 atom stereocenters. The number of halogens is 3. The number of nitriles is 1. The van der Waals surface area contributed by atoms with Crippen molar-refractivity contribution in [1.82, 2.24) is 9.13 Å². The van der Waals surface area contributed by atoms with Gasteiger partial charge in [-0.2, -0.15) is 5.26 Å². The molecule has 1 aromatic carbocycles. The van der Waals surface area contributed by atoms with Crippen molar-refractivity contribution in [3.8, 4) is 17.5 Å². The van der Waals surface area contributed by atoms with Crippen LogP contribution in [0.4, 0.5) is 4.39 Å². The van der Waals surface area contributed by atoms with Crippen molar-refractivity contribution in [1.29, 1.82) is 5.26 Å². The van der Waals surface area contributed by atoms with Gasteiger partial charge >= 0.3 is 5.69 Å². The second-order valence-corrected chi connectivity index (χ2v) is 6.68. The van der Waals surface area contributed by atoms with Gasteiger partial charge in [-0.3, -0.25) is 4.57 Å². The topological polar surface area (TPSA) is 60.0 Å². The second kappa shape index (κ2) is 6.02. The highest BCUT2D eigenvalue weighted by Crippen LogP contribution is 2.36. The largest absolute Gasteiger partial charge is 0.495 e. The summed E-state index contributed by atoms with van der Waals surface area (Å²) in [6.07, 6.45) is 1.62. The molecule has 0 radical (unpaired) electrons. The molecule has 1 aliphatic rings. The third kappa shape index (κ3) is 2.46. The van der Waals surface area contributed by atoms with E-state index in [0.717, 1.165) is 23.5 Å². The van der Waals surface area contributed by atoms with Gasteiger partial charge in [-0.15, -0.1) is 0 Å². The number of imidazole rings is 1. The predicted molar refractivity (Wildman–Crippen MR) is 87.2 cm³/mol. The highest BCUT2D eigenvalue weighted by Gasteiger charge is 2.29. The Bertz CT molecular complexity index is 884. The van der Waals surface area contributed by atoms with E-state index >= 15 is 0 Å². The third-order valence-corrected chi connectivity index (χ3v) is 5.07. The fraction of sp³-hybridized carbons (Fsp3) is 0.333. The Morgan fingerprint density at radius 1 is 1.52 bits per heavy atom. The van der Waals surface area contributed by atoms with Gasteiger partial charge in [-0.25, -0.2) is 13.8 Å². The highest BCUT2D eigenvalue weighted by molar-refractivity contribution is 9.09. The Balaban J connectivity index is 2.35. The molecular formula is C15H12BrClFN3O2. The molecule has 2 aromatic rings. The molecule has 0 amide bonds. The van der Waals surface area contributed by atoms with Crippen molar-refractivity contribution >= 4 is 27.5 Å². The van der Waals surface area contributed by atoms with E-state index < -0.39 is 11.5 Å². The molecule has 0 bridgehead atoms. The summed E-state index contributed by atoms with van der Waals surface area (Å²) in [5, 5.41) is 9.61. The first kappa shape index (κ1) is 16.1. The van der Waals surface area contributed by atoms with E-state index in [1.54, 1.807) is 0 Å². The van der Waals surface area contributed by atoms with E-state index in [1.807, 2.05) is 6.07 Å². The molecular weight excluding hydrogens is 389 g/mol. The maximum atomic E-state index is 14.4. The van der Waals surface area contributed by atoms with E-state index in [1.165, 1.54) is 17.7 Å². The summed E-state index contributed by atoms with van der Waals surface area (Å²) in [4.78, 5) is 12.6. The zero-order chi connectivity index (χ0) is 16.7. The van der Waals surface area contributed by atoms with Crippen LogP contribution in [0.5, 0.6) is 5.75 Å². The van der Waals surface area contributed by atoms with Crippen molar-refractivity contribution in [2.45, 2.75) is 24.2 Å². The molecule has 120 valence electrons. The number of nitrogens with zero attached hydrogens (tertiary/aromatic N) is 3. The van der Waals surface area contributed by atoms with Crippen molar-refractivity contribution in [2.24, 2.45) is 0 Å². The van der Waals surface area contributed by atoms with E-state index in [4.69, 9.17) is 16.3 Å². The molecule has 0 fully saturated rings. The number of methoxy groups -OCH3 is 1. The van der Waals surface area contributed by atoms with Gasteiger partial charge in [0.1, 0.15) is 23.3 Å². The number of benzene rings is 1. The lowest BCUT2D eigenvalue weighted by Gasteiger charge is -2.18. The average Bonchev–Trinajstić information content (AvgIpc) is 2.81. The Labute approximate surface area is 145 Å². The monoisotopic (exact) mass is 399 g/mol. The first-order valence-electron chi connectivity index (χ1n) is 6.92. The van der Waals surface area contributed by atoms with E-state index in [0.29, 0.717) is 12.2 Å². The van der Waals surface area contributed by atoms with Crippen LogP contribution in [0.1, 0.15) is 29.1 Å². The summed E-state index contributed by atoms with van der Waals surface area (Å²) >= 11 is 9.39. The van der Waals surface area contributed by atoms with Crippen LogP contribution in [-0.4, -0.2) is 16.2 Å². The summed E-state index contributed by atoms with van der Waals surface area (Å²) in [7, 11) is 1.40. The minimum absolute atomic E-state index is 0.0469. The first-order chi connectivity index (χ1) is 11.0. The Morgan fingerprint density at radius 3 is 2.91 bits per heavy atom. The van der Waals surface area contributed by atoms with Crippen LogP contribution in [0.25, 0.3) is 5.69 Å². The summed E-state index contributed by atoms with van der Waals surface area (Å²) in [6.45, 7) is 0.504. The zero-order valence-electron chi connectivity index (χ0n) is 12.1. The highest BCUT2D eigenvalue weighted by atomic mass is 79.9. The number of hydrogen-bond acceptors (Lipinski definition) is 3. The molecule has 5 nitrogen and oxygen atoms in total. The number of hydrogen-bond donors (Lipinski definition) is 0. The summed E-state index contributed by atoms with van der Waals surface area (Å²) < 4.78 is 22.1. The Hall–Kier alpha value is -1.78. The molecule has 2 heterocycles. The van der Waals surface area contributed by atoms with Crippen LogP contribution in [0.3, 0.4) is 0 Å².